The van der Waals surface area contributed by atoms with Crippen molar-refractivity contribution >= 4 is 22.6 Å². The summed E-state index contributed by atoms with van der Waals surface area (Å²) in [6.45, 7) is 3.51. The highest BCUT2D eigenvalue weighted by molar-refractivity contribution is 5.83. The Hall–Kier alpha value is -3.55. The number of hydrogen-bond acceptors (Lipinski definition) is 5. The Labute approximate surface area is 153 Å². The maximum absolute atomic E-state index is 12.9. The first-order chi connectivity index (χ1) is 13.0. The summed E-state index contributed by atoms with van der Waals surface area (Å²) in [5, 5.41) is 22.1. The van der Waals surface area contributed by atoms with Crippen LogP contribution in [0, 0.1) is 5.92 Å². The van der Waals surface area contributed by atoms with E-state index in [1.54, 1.807) is 30.6 Å². The Morgan fingerprint density at radius 2 is 1.85 bits per heavy atom. The molecule has 0 radical (unpaired) electrons. The maximum atomic E-state index is 12.9. The molecule has 0 amide bonds. The lowest BCUT2D eigenvalue weighted by Crippen LogP contribution is -2.33. The highest BCUT2D eigenvalue weighted by atomic mass is 16.4. The van der Waals surface area contributed by atoms with Crippen LogP contribution in [0.1, 0.15) is 19.9 Å². The van der Waals surface area contributed by atoms with Crippen LogP contribution < -0.4 is 5.56 Å². The molecule has 27 heavy (non-hydrogen) atoms. The van der Waals surface area contributed by atoms with Crippen molar-refractivity contribution in [3.8, 4) is 11.1 Å². The predicted octanol–water partition coefficient (Wildman–Crippen LogP) is 2.39. The Bertz CT molecular complexity index is 1210. The molecule has 3 aromatic heterocycles. The van der Waals surface area contributed by atoms with Crippen LogP contribution in [0.15, 0.2) is 53.6 Å². The molecule has 0 unspecified atom stereocenters. The third kappa shape index (κ3) is 2.66. The van der Waals surface area contributed by atoms with Gasteiger partial charge in [-0.15, -0.1) is 10.2 Å². The number of fused-ring (bicyclic) bond motifs is 3. The van der Waals surface area contributed by atoms with Gasteiger partial charge in [0.1, 0.15) is 11.6 Å². The summed E-state index contributed by atoms with van der Waals surface area (Å²) in [5.74, 6) is -1.32. The summed E-state index contributed by atoms with van der Waals surface area (Å²) in [5.41, 5.74) is 2.35. The van der Waals surface area contributed by atoms with E-state index in [0.29, 0.717) is 11.2 Å². The first kappa shape index (κ1) is 16.9. The minimum atomic E-state index is -1.06. The molecular formula is C19H17N5O3. The predicted molar refractivity (Wildman–Crippen MR) is 99.5 cm³/mol. The average molecular weight is 363 g/mol. The largest absolute Gasteiger partial charge is 0.480 e. The molecule has 1 aromatic carbocycles. The number of benzene rings is 1. The van der Waals surface area contributed by atoms with Gasteiger partial charge in [0.25, 0.3) is 5.56 Å². The Balaban J connectivity index is 1.95. The van der Waals surface area contributed by atoms with Crippen molar-refractivity contribution in [1.29, 1.82) is 0 Å². The van der Waals surface area contributed by atoms with Crippen LogP contribution in [-0.2, 0) is 4.79 Å². The number of carboxylic acids is 1. The highest BCUT2D eigenvalue weighted by Crippen LogP contribution is 2.24. The minimum Gasteiger partial charge on any atom is -0.480 e. The van der Waals surface area contributed by atoms with Crippen molar-refractivity contribution in [2.24, 2.45) is 5.92 Å². The van der Waals surface area contributed by atoms with Gasteiger partial charge in [-0.3, -0.25) is 9.36 Å². The summed E-state index contributed by atoms with van der Waals surface area (Å²) in [6, 6.07) is 10.3. The van der Waals surface area contributed by atoms with Gasteiger partial charge in [0, 0.05) is 11.8 Å². The molecule has 8 heteroatoms. The van der Waals surface area contributed by atoms with Crippen LogP contribution in [0.4, 0.5) is 0 Å². The third-order valence-corrected chi connectivity index (χ3v) is 4.56. The van der Waals surface area contributed by atoms with Crippen molar-refractivity contribution in [3.05, 3.63) is 59.1 Å². The SMILES string of the molecule is CC(C)[C@@H](C(=O)O)n1ccc2c(nnc3c(-c4ccccc4)cnn32)c1=O. The van der Waals surface area contributed by atoms with E-state index in [9.17, 15) is 14.7 Å². The molecule has 1 N–H and O–H groups in total. The summed E-state index contributed by atoms with van der Waals surface area (Å²) >= 11 is 0. The fourth-order valence-electron chi connectivity index (χ4n) is 3.27. The second-order valence-electron chi connectivity index (χ2n) is 6.65. The van der Waals surface area contributed by atoms with E-state index in [2.05, 4.69) is 15.3 Å². The molecule has 4 rings (SSSR count). The fourth-order valence-corrected chi connectivity index (χ4v) is 3.27. The molecule has 0 bridgehead atoms. The zero-order valence-corrected chi connectivity index (χ0v) is 14.8. The van der Waals surface area contributed by atoms with Crippen LogP contribution in [0.25, 0.3) is 27.8 Å². The van der Waals surface area contributed by atoms with Gasteiger partial charge in [0.15, 0.2) is 11.2 Å². The van der Waals surface area contributed by atoms with Crippen molar-refractivity contribution < 1.29 is 9.90 Å². The summed E-state index contributed by atoms with van der Waals surface area (Å²) < 4.78 is 2.75. The van der Waals surface area contributed by atoms with Gasteiger partial charge in [-0.1, -0.05) is 44.2 Å². The van der Waals surface area contributed by atoms with E-state index in [1.165, 1.54) is 10.8 Å². The lowest BCUT2D eigenvalue weighted by molar-refractivity contribution is -0.142. The summed E-state index contributed by atoms with van der Waals surface area (Å²) in [4.78, 5) is 24.4. The van der Waals surface area contributed by atoms with Gasteiger partial charge in [0.05, 0.1) is 6.20 Å². The zero-order valence-electron chi connectivity index (χ0n) is 14.8. The number of carbonyl (C=O) groups is 1. The molecule has 1 atom stereocenters. The minimum absolute atomic E-state index is 0.0830. The van der Waals surface area contributed by atoms with E-state index in [0.717, 1.165) is 11.1 Å². The topological polar surface area (TPSA) is 102 Å². The molecule has 136 valence electrons. The van der Waals surface area contributed by atoms with Crippen LogP contribution in [0.3, 0.4) is 0 Å². The van der Waals surface area contributed by atoms with Gasteiger partial charge in [-0.2, -0.15) is 5.10 Å². The molecule has 0 spiro atoms. The van der Waals surface area contributed by atoms with Crippen LogP contribution >= 0.6 is 0 Å². The van der Waals surface area contributed by atoms with Crippen LogP contribution in [0.5, 0.6) is 0 Å². The van der Waals surface area contributed by atoms with Gasteiger partial charge in [-0.05, 0) is 17.5 Å². The van der Waals surface area contributed by atoms with E-state index >= 15 is 0 Å². The van der Waals surface area contributed by atoms with Crippen molar-refractivity contribution in [2.75, 3.05) is 0 Å². The van der Waals surface area contributed by atoms with Crippen molar-refractivity contribution in [3.63, 3.8) is 0 Å². The fraction of sp³-hybridized carbons (Fsp3) is 0.211. The maximum Gasteiger partial charge on any atom is 0.327 e. The van der Waals surface area contributed by atoms with E-state index in [4.69, 9.17) is 0 Å². The van der Waals surface area contributed by atoms with Crippen LogP contribution in [-0.4, -0.2) is 35.5 Å². The number of carboxylic acid groups (broad SMARTS) is 1. The quantitative estimate of drug-likeness (QED) is 0.597. The number of rotatable bonds is 4. The first-order valence-corrected chi connectivity index (χ1v) is 8.52. The van der Waals surface area contributed by atoms with Gasteiger partial charge in [-0.25, -0.2) is 9.31 Å². The molecule has 0 saturated carbocycles. The molecule has 8 nitrogen and oxygen atoms in total. The Morgan fingerprint density at radius 1 is 1.11 bits per heavy atom. The van der Waals surface area contributed by atoms with Gasteiger partial charge >= 0.3 is 5.97 Å². The lowest BCUT2D eigenvalue weighted by Gasteiger charge is -2.19. The molecular weight excluding hydrogens is 346 g/mol. The summed E-state index contributed by atoms with van der Waals surface area (Å²) in [6.07, 6.45) is 3.16. The molecule has 0 aliphatic heterocycles. The van der Waals surface area contributed by atoms with Crippen molar-refractivity contribution in [1.82, 2.24) is 24.4 Å². The molecule has 0 saturated heterocycles. The lowest BCUT2D eigenvalue weighted by atomic mass is 10.0. The molecule has 0 aliphatic rings. The Kier molecular flexibility index (Phi) is 3.95. The smallest absolute Gasteiger partial charge is 0.327 e. The first-order valence-electron chi connectivity index (χ1n) is 8.52. The van der Waals surface area contributed by atoms with Crippen molar-refractivity contribution in [2.45, 2.75) is 19.9 Å². The number of aliphatic carboxylic acids is 1. The highest BCUT2D eigenvalue weighted by Gasteiger charge is 2.26. The molecule has 0 aliphatic carbocycles. The molecule has 3 heterocycles. The molecule has 0 fully saturated rings. The van der Waals surface area contributed by atoms with Crippen LogP contribution in [0.2, 0.25) is 0 Å². The second-order valence-corrected chi connectivity index (χ2v) is 6.65. The second kappa shape index (κ2) is 6.31. The van der Waals surface area contributed by atoms with Gasteiger partial charge < -0.3 is 5.11 Å². The monoisotopic (exact) mass is 363 g/mol. The normalized spacial score (nSPS) is 12.7. The number of aromatic nitrogens is 5. The van der Waals surface area contributed by atoms with Gasteiger partial charge in [0.2, 0.25) is 0 Å². The number of pyridine rings is 1. The third-order valence-electron chi connectivity index (χ3n) is 4.56. The average Bonchev–Trinajstić information content (AvgIpc) is 3.08. The Morgan fingerprint density at radius 3 is 2.52 bits per heavy atom. The van der Waals surface area contributed by atoms with E-state index in [1.807, 2.05) is 30.3 Å². The zero-order chi connectivity index (χ0) is 19.1. The van der Waals surface area contributed by atoms with E-state index in [-0.39, 0.29) is 11.4 Å². The number of hydrogen-bond donors (Lipinski definition) is 1. The molecule has 4 aromatic rings. The van der Waals surface area contributed by atoms with E-state index < -0.39 is 17.6 Å². The standard InChI is InChI=1S/C19H17N5O3/c1-11(2)16(19(26)27)23-9-8-14-15(18(23)25)21-22-17-13(10-20-24(14)17)12-6-4-3-5-7-12/h3-11,16H,1-2H3,(H,26,27)/t16-/m0/s1. The number of nitrogens with zero attached hydrogens (tertiary/aromatic N) is 5. The summed E-state index contributed by atoms with van der Waals surface area (Å²) in [7, 11) is 0.